The summed E-state index contributed by atoms with van der Waals surface area (Å²) in [6.07, 6.45) is 2.69. The molecule has 0 radical (unpaired) electrons. The van der Waals surface area contributed by atoms with E-state index in [4.69, 9.17) is 4.74 Å². The standard InChI is InChI=1S/C28H29FO3/c1-20(21-8-10-22(11-9-21)23-12-14-25(29)15-13-23)26-16-18-28(17-5-19-30,32-27(26)31)24-6-3-2-4-7-24/h2-4,6-15,20,26,30H,5,16-19H2,1H3/t20-,26?,28?/m1/s1. The van der Waals surface area contributed by atoms with E-state index in [1.165, 1.54) is 12.1 Å². The number of carbonyl (C=O) groups excluding carboxylic acids is 1. The number of benzene rings is 3. The van der Waals surface area contributed by atoms with Crippen LogP contribution in [0.1, 0.15) is 49.7 Å². The first-order valence-electron chi connectivity index (χ1n) is 11.3. The average molecular weight is 433 g/mol. The Balaban J connectivity index is 1.50. The van der Waals surface area contributed by atoms with Gasteiger partial charge in [0.2, 0.25) is 0 Å². The molecule has 2 unspecified atom stereocenters. The lowest BCUT2D eigenvalue weighted by atomic mass is 9.75. The number of carbonyl (C=O) groups is 1. The molecule has 3 atom stereocenters. The van der Waals surface area contributed by atoms with Crippen LogP contribution in [0.2, 0.25) is 0 Å². The van der Waals surface area contributed by atoms with Gasteiger partial charge in [-0.1, -0.05) is 73.7 Å². The van der Waals surface area contributed by atoms with E-state index in [-0.39, 0.29) is 30.2 Å². The Morgan fingerprint density at radius 2 is 1.62 bits per heavy atom. The first-order chi connectivity index (χ1) is 15.5. The molecule has 3 aromatic carbocycles. The van der Waals surface area contributed by atoms with E-state index in [2.05, 4.69) is 6.92 Å². The largest absolute Gasteiger partial charge is 0.454 e. The molecule has 0 amide bonds. The molecule has 0 spiro atoms. The summed E-state index contributed by atoms with van der Waals surface area (Å²) in [6.45, 7) is 2.15. The molecule has 4 heteroatoms. The molecule has 32 heavy (non-hydrogen) atoms. The van der Waals surface area contributed by atoms with Crippen molar-refractivity contribution in [3.05, 3.63) is 95.8 Å². The number of cyclic esters (lactones) is 1. The van der Waals surface area contributed by atoms with Crippen LogP contribution in [0.5, 0.6) is 0 Å². The summed E-state index contributed by atoms with van der Waals surface area (Å²) in [5.41, 5.74) is 3.39. The number of halogens is 1. The molecule has 4 rings (SSSR count). The molecule has 3 aromatic rings. The van der Waals surface area contributed by atoms with Crippen LogP contribution in [0.3, 0.4) is 0 Å². The normalized spacial score (nSPS) is 21.7. The van der Waals surface area contributed by atoms with Gasteiger partial charge in [0.1, 0.15) is 11.4 Å². The van der Waals surface area contributed by atoms with Crippen LogP contribution in [-0.2, 0) is 15.1 Å². The van der Waals surface area contributed by atoms with Gasteiger partial charge in [-0.2, -0.15) is 0 Å². The molecule has 0 saturated carbocycles. The van der Waals surface area contributed by atoms with Crippen molar-refractivity contribution in [2.45, 2.75) is 44.1 Å². The first kappa shape index (κ1) is 22.2. The minimum absolute atomic E-state index is 0.0244. The summed E-state index contributed by atoms with van der Waals surface area (Å²) in [5.74, 6) is -0.609. The molecule has 0 aromatic heterocycles. The van der Waals surface area contributed by atoms with Crippen LogP contribution in [0.15, 0.2) is 78.9 Å². The lowest BCUT2D eigenvalue weighted by molar-refractivity contribution is -0.179. The van der Waals surface area contributed by atoms with Gasteiger partial charge in [0.15, 0.2) is 0 Å². The third-order valence-corrected chi connectivity index (χ3v) is 6.71. The molecular weight excluding hydrogens is 403 g/mol. The van der Waals surface area contributed by atoms with Gasteiger partial charge in [0.05, 0.1) is 5.92 Å². The molecule has 1 aliphatic heterocycles. The predicted octanol–water partition coefficient (Wildman–Crippen LogP) is 6.22. The fourth-order valence-corrected chi connectivity index (χ4v) is 4.76. The number of aliphatic hydroxyl groups is 1. The van der Waals surface area contributed by atoms with Gasteiger partial charge in [0, 0.05) is 6.61 Å². The molecule has 1 heterocycles. The van der Waals surface area contributed by atoms with Crippen molar-refractivity contribution < 1.29 is 19.0 Å². The number of hydrogen-bond acceptors (Lipinski definition) is 3. The van der Waals surface area contributed by atoms with Crippen molar-refractivity contribution in [1.29, 1.82) is 0 Å². The topological polar surface area (TPSA) is 46.5 Å². The van der Waals surface area contributed by atoms with Crippen LogP contribution < -0.4 is 0 Å². The van der Waals surface area contributed by atoms with Gasteiger partial charge in [-0.05, 0) is 66.0 Å². The SMILES string of the molecule is C[C@H](c1ccc(-c2ccc(F)cc2)cc1)C1CCC(CCCO)(c2ccccc2)OC1=O. The number of esters is 1. The van der Waals surface area contributed by atoms with Crippen LogP contribution in [0, 0.1) is 11.7 Å². The summed E-state index contributed by atoms with van der Waals surface area (Å²) in [7, 11) is 0. The Labute approximate surface area is 188 Å². The molecule has 166 valence electrons. The van der Waals surface area contributed by atoms with Gasteiger partial charge in [-0.3, -0.25) is 4.79 Å². The average Bonchev–Trinajstić information content (AvgIpc) is 2.83. The maximum absolute atomic E-state index is 13.2. The van der Waals surface area contributed by atoms with Gasteiger partial charge in [-0.15, -0.1) is 0 Å². The Morgan fingerprint density at radius 3 is 2.22 bits per heavy atom. The van der Waals surface area contributed by atoms with Gasteiger partial charge in [0.25, 0.3) is 0 Å². The molecule has 0 bridgehead atoms. The van der Waals surface area contributed by atoms with Crippen molar-refractivity contribution in [2.75, 3.05) is 6.61 Å². The lowest BCUT2D eigenvalue weighted by Gasteiger charge is -2.41. The molecule has 1 fully saturated rings. The molecule has 1 saturated heterocycles. The van der Waals surface area contributed by atoms with Crippen LogP contribution >= 0.6 is 0 Å². The molecule has 1 N–H and O–H groups in total. The monoisotopic (exact) mass is 432 g/mol. The summed E-state index contributed by atoms with van der Waals surface area (Å²) in [5, 5.41) is 9.37. The van der Waals surface area contributed by atoms with E-state index < -0.39 is 5.60 Å². The second-order valence-corrected chi connectivity index (χ2v) is 8.67. The maximum Gasteiger partial charge on any atom is 0.310 e. The third kappa shape index (κ3) is 4.61. The van der Waals surface area contributed by atoms with E-state index in [0.29, 0.717) is 12.8 Å². The summed E-state index contributed by atoms with van der Waals surface area (Å²) in [4.78, 5) is 13.2. The minimum Gasteiger partial charge on any atom is -0.454 e. The molecular formula is C28H29FO3. The maximum atomic E-state index is 13.2. The Bertz CT molecular complexity index is 1030. The van der Waals surface area contributed by atoms with E-state index in [9.17, 15) is 14.3 Å². The number of ether oxygens (including phenoxy) is 1. The highest BCUT2D eigenvalue weighted by Crippen LogP contribution is 2.44. The smallest absolute Gasteiger partial charge is 0.310 e. The number of rotatable bonds is 7. The number of hydrogen-bond donors (Lipinski definition) is 1. The van der Waals surface area contributed by atoms with Crippen molar-refractivity contribution in [3.63, 3.8) is 0 Å². The van der Waals surface area contributed by atoms with Gasteiger partial charge >= 0.3 is 5.97 Å². The third-order valence-electron chi connectivity index (χ3n) is 6.71. The molecule has 0 aliphatic carbocycles. The van der Waals surface area contributed by atoms with Crippen molar-refractivity contribution >= 4 is 5.97 Å². The van der Waals surface area contributed by atoms with Crippen LogP contribution in [0.25, 0.3) is 11.1 Å². The second-order valence-electron chi connectivity index (χ2n) is 8.67. The first-order valence-corrected chi connectivity index (χ1v) is 11.3. The Kier molecular flexibility index (Phi) is 6.71. The van der Waals surface area contributed by atoms with E-state index in [0.717, 1.165) is 35.1 Å². The van der Waals surface area contributed by atoms with E-state index in [1.54, 1.807) is 12.1 Å². The van der Waals surface area contributed by atoms with Crippen LogP contribution in [0.4, 0.5) is 4.39 Å². The zero-order chi connectivity index (χ0) is 22.6. The Morgan fingerprint density at radius 1 is 1.00 bits per heavy atom. The highest BCUT2D eigenvalue weighted by Gasteiger charge is 2.44. The van der Waals surface area contributed by atoms with E-state index >= 15 is 0 Å². The van der Waals surface area contributed by atoms with Crippen molar-refractivity contribution in [1.82, 2.24) is 0 Å². The van der Waals surface area contributed by atoms with Gasteiger partial charge < -0.3 is 9.84 Å². The summed E-state index contributed by atoms with van der Waals surface area (Å²) >= 11 is 0. The zero-order valence-electron chi connectivity index (χ0n) is 18.3. The Hall–Kier alpha value is -2.98. The lowest BCUT2D eigenvalue weighted by Crippen LogP contribution is -2.42. The van der Waals surface area contributed by atoms with Crippen LogP contribution in [-0.4, -0.2) is 17.7 Å². The molecule has 3 nitrogen and oxygen atoms in total. The van der Waals surface area contributed by atoms with E-state index in [1.807, 2.05) is 54.6 Å². The van der Waals surface area contributed by atoms with Crippen molar-refractivity contribution in [3.8, 4) is 11.1 Å². The van der Waals surface area contributed by atoms with Gasteiger partial charge in [-0.25, -0.2) is 4.39 Å². The predicted molar refractivity (Wildman–Crippen MR) is 124 cm³/mol. The highest BCUT2D eigenvalue weighted by atomic mass is 19.1. The summed E-state index contributed by atoms with van der Waals surface area (Å²) < 4.78 is 19.3. The summed E-state index contributed by atoms with van der Waals surface area (Å²) in [6, 6.07) is 24.4. The quantitative estimate of drug-likeness (QED) is 0.451. The highest BCUT2D eigenvalue weighted by molar-refractivity contribution is 5.75. The zero-order valence-corrected chi connectivity index (χ0v) is 18.3. The van der Waals surface area contributed by atoms with Crippen molar-refractivity contribution in [2.24, 2.45) is 5.92 Å². The number of aliphatic hydroxyl groups excluding tert-OH is 1. The fraction of sp³-hybridized carbons (Fsp3) is 0.321. The molecule has 1 aliphatic rings. The minimum atomic E-state index is -0.663. The second kappa shape index (κ2) is 9.66. The fourth-order valence-electron chi connectivity index (χ4n) is 4.76.